The molecule has 0 spiro atoms. The lowest BCUT2D eigenvalue weighted by Crippen LogP contribution is -2.46. The largest absolute Gasteiger partial charge is 1.00 e. The molecule has 0 aromatic rings. The highest BCUT2D eigenvalue weighted by Gasteiger charge is 2.29. The molecule has 8 heteroatoms. The van der Waals surface area contributed by atoms with Gasteiger partial charge < -0.3 is 36.1 Å². The van der Waals surface area contributed by atoms with E-state index in [4.69, 9.17) is 25.5 Å². The van der Waals surface area contributed by atoms with Gasteiger partial charge in [-0.1, -0.05) is 6.58 Å². The van der Waals surface area contributed by atoms with Crippen LogP contribution in [-0.4, -0.2) is 68.7 Å². The van der Waals surface area contributed by atoms with Crippen LogP contribution >= 0.6 is 0 Å². The third-order valence-electron chi connectivity index (χ3n) is 1.62. The number of hydrogen-bond donors (Lipinski definition) is 6. The first-order valence-electron chi connectivity index (χ1n) is 4.52. The Bertz CT molecular complexity index is 251. The fraction of sp³-hybridized carbons (Fsp3) is 0.556. The van der Waals surface area contributed by atoms with E-state index in [1.807, 2.05) is 0 Å². The van der Waals surface area contributed by atoms with Crippen LogP contribution < -0.4 is 5.73 Å². The van der Waals surface area contributed by atoms with Gasteiger partial charge in [-0.25, -0.2) is 0 Å². The molecule has 8 nitrogen and oxygen atoms in total. The number of rotatable bonds is 6. The zero-order valence-corrected chi connectivity index (χ0v) is 9.01. The maximum atomic E-state index is 9.90. The van der Waals surface area contributed by atoms with Crippen LogP contribution in [-0.2, 0) is 9.59 Å². The molecule has 0 aliphatic heterocycles. The molecule has 0 saturated carbocycles. The van der Waals surface area contributed by atoms with Crippen molar-refractivity contribution in [2.75, 3.05) is 6.61 Å². The lowest BCUT2D eigenvalue weighted by molar-refractivity contribution is -0.136. The standard InChI is InChI=1S/C6H12O6.C3H5NO/c7-1-3(9)5(11)6(12)4(10)2-8;1-2-3(4)5/h1,3-6,8-12H,2H2;2H,1H2,(H2,4,5)/p+1/t3-,4+,5+,6+;/m0./s1. The number of amides is 1. The van der Waals surface area contributed by atoms with Crippen LogP contribution in [0.3, 0.4) is 0 Å². The molecule has 0 saturated heterocycles. The van der Waals surface area contributed by atoms with Crippen LogP contribution in [0.4, 0.5) is 0 Å². The second kappa shape index (κ2) is 9.87. The number of carbonyl (C=O) groups excluding carboxylic acids is 2. The van der Waals surface area contributed by atoms with Crippen LogP contribution in [0, 0.1) is 0 Å². The highest BCUT2D eigenvalue weighted by Crippen LogP contribution is 2.02. The Kier molecular flexibility index (Phi) is 10.5. The van der Waals surface area contributed by atoms with Crippen LogP contribution in [0.2, 0.25) is 0 Å². The lowest BCUT2D eigenvalue weighted by Gasteiger charge is -2.22. The molecule has 0 radical (unpaired) electrons. The predicted molar refractivity (Wildman–Crippen MR) is 57.7 cm³/mol. The summed E-state index contributed by atoms with van der Waals surface area (Å²) in [5.41, 5.74) is 4.53. The van der Waals surface area contributed by atoms with E-state index in [0.717, 1.165) is 6.08 Å². The van der Waals surface area contributed by atoms with E-state index in [-0.39, 0.29) is 7.71 Å². The van der Waals surface area contributed by atoms with E-state index in [1.165, 1.54) is 0 Å². The molecule has 0 aliphatic carbocycles. The fourth-order valence-corrected chi connectivity index (χ4v) is 0.618. The molecule has 4 atom stereocenters. The van der Waals surface area contributed by atoms with Crippen molar-refractivity contribution in [3.63, 3.8) is 0 Å². The van der Waals surface area contributed by atoms with Crippen LogP contribution in [0.15, 0.2) is 12.7 Å². The summed E-state index contributed by atoms with van der Waals surface area (Å²) in [6, 6.07) is 0. The van der Waals surface area contributed by atoms with Crippen molar-refractivity contribution < 1.29 is 36.5 Å². The summed E-state index contributed by atoms with van der Waals surface area (Å²) in [5.74, 6) is -0.481. The van der Waals surface area contributed by atoms with Crippen molar-refractivity contribution in [1.29, 1.82) is 0 Å². The molecular weight excluding hydrogens is 234 g/mol. The minimum Gasteiger partial charge on any atom is -0.394 e. The van der Waals surface area contributed by atoms with Crippen LogP contribution in [0.25, 0.3) is 0 Å². The Balaban J connectivity index is -0.000000321. The molecule has 7 N–H and O–H groups in total. The lowest BCUT2D eigenvalue weighted by atomic mass is 10.0. The number of nitrogens with two attached hydrogens (primary N) is 1. The van der Waals surface area contributed by atoms with E-state index in [2.05, 4.69) is 12.3 Å². The van der Waals surface area contributed by atoms with Crippen molar-refractivity contribution in [1.82, 2.24) is 0 Å². The Morgan fingerprint density at radius 2 is 1.71 bits per heavy atom. The quantitative estimate of drug-likeness (QED) is 0.210. The van der Waals surface area contributed by atoms with Gasteiger partial charge in [-0.3, -0.25) is 4.79 Å². The SMILES string of the molecule is C=CC(N)=O.O=C[C@H](O)[C@@H](O)[C@H](O)[C@H](O)CO.[H+]. The molecule has 0 aromatic heterocycles. The maximum absolute atomic E-state index is 9.90. The second-order valence-electron chi connectivity index (χ2n) is 2.96. The van der Waals surface area contributed by atoms with Gasteiger partial charge >= 0.3 is 1.43 Å². The Morgan fingerprint density at radius 3 is 1.94 bits per heavy atom. The molecular formula is C9H18NO7+. The molecule has 100 valence electrons. The van der Waals surface area contributed by atoms with Gasteiger partial charge in [0, 0.05) is 0 Å². The first-order chi connectivity index (χ1) is 7.81. The van der Waals surface area contributed by atoms with Gasteiger partial charge in [0.25, 0.3) is 0 Å². The first kappa shape index (κ1) is 18.1. The van der Waals surface area contributed by atoms with Gasteiger partial charge in [0.1, 0.15) is 24.4 Å². The number of hydrogen-bond acceptors (Lipinski definition) is 7. The van der Waals surface area contributed by atoms with E-state index in [9.17, 15) is 9.59 Å². The molecule has 0 heterocycles. The number of aldehydes is 1. The monoisotopic (exact) mass is 252 g/mol. The van der Waals surface area contributed by atoms with Crippen molar-refractivity contribution in [3.8, 4) is 0 Å². The minimum atomic E-state index is -1.79. The van der Waals surface area contributed by atoms with Gasteiger partial charge in [-0.2, -0.15) is 0 Å². The summed E-state index contributed by atoms with van der Waals surface area (Å²) in [4.78, 5) is 19.4. The first-order valence-corrected chi connectivity index (χ1v) is 4.52. The van der Waals surface area contributed by atoms with Crippen molar-refractivity contribution in [2.24, 2.45) is 5.73 Å². The summed E-state index contributed by atoms with van der Waals surface area (Å²) in [5, 5.41) is 43.5. The zero-order chi connectivity index (χ0) is 14.0. The van der Waals surface area contributed by atoms with Crippen molar-refractivity contribution in [2.45, 2.75) is 24.4 Å². The van der Waals surface area contributed by atoms with E-state index >= 15 is 0 Å². The average molecular weight is 252 g/mol. The Hall–Kier alpha value is -1.32. The maximum Gasteiger partial charge on any atom is 1.00 e. The molecule has 0 fully saturated rings. The summed E-state index contributed by atoms with van der Waals surface area (Å²) >= 11 is 0. The second-order valence-corrected chi connectivity index (χ2v) is 2.96. The van der Waals surface area contributed by atoms with E-state index in [0.29, 0.717) is 0 Å². The molecule has 0 aliphatic rings. The smallest absolute Gasteiger partial charge is 0.394 e. The van der Waals surface area contributed by atoms with Gasteiger partial charge in [-0.05, 0) is 6.08 Å². The van der Waals surface area contributed by atoms with Gasteiger partial charge in [0.2, 0.25) is 5.91 Å². The number of aliphatic hydroxyl groups excluding tert-OH is 5. The number of primary amides is 1. The molecule has 17 heavy (non-hydrogen) atoms. The van der Waals surface area contributed by atoms with Crippen molar-refractivity contribution in [3.05, 3.63) is 12.7 Å². The summed E-state index contributed by atoms with van der Waals surface area (Å²) in [6.07, 6.45) is -5.78. The molecule has 0 bridgehead atoms. The average Bonchev–Trinajstić information content (AvgIpc) is 2.35. The third-order valence-corrected chi connectivity index (χ3v) is 1.62. The third kappa shape index (κ3) is 8.48. The predicted octanol–water partition coefficient (Wildman–Crippen LogP) is -3.61. The normalized spacial score (nSPS) is 16.8. The molecule has 0 aromatic carbocycles. The van der Waals surface area contributed by atoms with Crippen LogP contribution in [0.5, 0.6) is 0 Å². The number of aliphatic hydroxyl groups is 5. The van der Waals surface area contributed by atoms with Crippen LogP contribution in [0.1, 0.15) is 1.43 Å². The van der Waals surface area contributed by atoms with E-state index in [1.54, 1.807) is 0 Å². The highest BCUT2D eigenvalue weighted by molar-refractivity contribution is 5.84. The summed E-state index contributed by atoms with van der Waals surface area (Å²) < 4.78 is 0. The van der Waals surface area contributed by atoms with Gasteiger partial charge in [-0.15, -0.1) is 0 Å². The van der Waals surface area contributed by atoms with Gasteiger partial charge in [0.05, 0.1) is 6.61 Å². The zero-order valence-electron chi connectivity index (χ0n) is 10.0. The molecule has 0 unspecified atom stereocenters. The fourth-order valence-electron chi connectivity index (χ4n) is 0.618. The Morgan fingerprint density at radius 1 is 1.29 bits per heavy atom. The molecule has 1 amide bonds. The topological polar surface area (TPSA) is 161 Å². The minimum absolute atomic E-state index is 0. The van der Waals surface area contributed by atoms with Gasteiger partial charge in [0.15, 0.2) is 6.29 Å². The molecule has 0 rings (SSSR count). The number of carbonyl (C=O) groups is 2. The Labute approximate surface area is 99.1 Å². The summed E-state index contributed by atoms with van der Waals surface area (Å²) in [7, 11) is 0. The van der Waals surface area contributed by atoms with E-state index < -0.39 is 36.9 Å². The summed E-state index contributed by atoms with van der Waals surface area (Å²) in [6.45, 7) is 2.33. The van der Waals surface area contributed by atoms with Crippen molar-refractivity contribution >= 4 is 12.2 Å². The highest BCUT2D eigenvalue weighted by atomic mass is 16.4.